The maximum absolute atomic E-state index is 12.8. The first kappa shape index (κ1) is 25.5. The molecule has 0 spiro atoms. The fourth-order valence-corrected chi connectivity index (χ4v) is 4.77. The van der Waals surface area contributed by atoms with Crippen LogP contribution in [0.4, 0.5) is 10.5 Å². The van der Waals surface area contributed by atoms with Crippen molar-refractivity contribution < 1.29 is 19.1 Å². The van der Waals surface area contributed by atoms with E-state index in [1.807, 2.05) is 30.3 Å². The van der Waals surface area contributed by atoms with Gasteiger partial charge in [-0.1, -0.05) is 67.9 Å². The number of thioether (sulfide) groups is 1. The fraction of sp³-hybridized carbons (Fsp3) is 0.179. The van der Waals surface area contributed by atoms with E-state index in [2.05, 4.69) is 19.2 Å². The molecular formula is C28H25ClN2O4S. The standard InChI is InChI=1S/C28H25ClN2O4S/c1-18(2)23-8-3-4-9-24(23)30-26(32)17-35-22-12-10-19(11-13-22)15-25-27(33)31(28(34)36-25)16-20-6-5-7-21(29)14-20/h3-15,18H,16-17H2,1-2H3,(H,30,32)/b25-15-. The summed E-state index contributed by atoms with van der Waals surface area (Å²) < 4.78 is 5.62. The molecule has 0 aromatic heterocycles. The predicted molar refractivity (Wildman–Crippen MR) is 144 cm³/mol. The lowest BCUT2D eigenvalue weighted by atomic mass is 10.0. The molecule has 1 heterocycles. The molecule has 0 saturated carbocycles. The van der Waals surface area contributed by atoms with Crippen LogP contribution in [-0.2, 0) is 16.1 Å². The largest absolute Gasteiger partial charge is 0.484 e. The molecular weight excluding hydrogens is 496 g/mol. The second kappa shape index (κ2) is 11.5. The third-order valence-electron chi connectivity index (χ3n) is 5.51. The van der Waals surface area contributed by atoms with Gasteiger partial charge in [-0.2, -0.15) is 0 Å². The SMILES string of the molecule is CC(C)c1ccccc1NC(=O)COc1ccc(/C=C2\SC(=O)N(Cc3cccc(Cl)c3)C2=O)cc1. The van der Waals surface area contributed by atoms with E-state index in [4.69, 9.17) is 16.3 Å². The number of nitrogens with zero attached hydrogens (tertiary/aromatic N) is 1. The second-order valence-electron chi connectivity index (χ2n) is 8.55. The van der Waals surface area contributed by atoms with E-state index in [1.54, 1.807) is 48.5 Å². The number of amides is 3. The summed E-state index contributed by atoms with van der Waals surface area (Å²) in [7, 11) is 0. The van der Waals surface area contributed by atoms with Crippen LogP contribution in [0, 0.1) is 0 Å². The zero-order chi connectivity index (χ0) is 25.7. The molecule has 0 unspecified atom stereocenters. The lowest BCUT2D eigenvalue weighted by Crippen LogP contribution is -2.27. The molecule has 1 aliphatic rings. The van der Waals surface area contributed by atoms with Crippen molar-refractivity contribution in [1.82, 2.24) is 4.90 Å². The summed E-state index contributed by atoms with van der Waals surface area (Å²) in [6.07, 6.45) is 1.67. The van der Waals surface area contributed by atoms with Crippen molar-refractivity contribution in [1.29, 1.82) is 0 Å². The molecule has 0 atom stereocenters. The molecule has 3 aromatic rings. The molecule has 3 amide bonds. The second-order valence-corrected chi connectivity index (χ2v) is 9.98. The summed E-state index contributed by atoms with van der Waals surface area (Å²) in [5.41, 5.74) is 3.36. The number of benzene rings is 3. The van der Waals surface area contributed by atoms with Crippen LogP contribution in [-0.4, -0.2) is 28.6 Å². The monoisotopic (exact) mass is 520 g/mol. The minimum Gasteiger partial charge on any atom is -0.484 e. The quantitative estimate of drug-likeness (QED) is 0.334. The average Bonchev–Trinajstić information content (AvgIpc) is 3.11. The van der Waals surface area contributed by atoms with Crippen LogP contribution >= 0.6 is 23.4 Å². The maximum Gasteiger partial charge on any atom is 0.293 e. The summed E-state index contributed by atoms with van der Waals surface area (Å²) >= 11 is 6.91. The van der Waals surface area contributed by atoms with Gasteiger partial charge in [0.05, 0.1) is 11.4 Å². The van der Waals surface area contributed by atoms with E-state index >= 15 is 0 Å². The van der Waals surface area contributed by atoms with Gasteiger partial charge in [0.15, 0.2) is 6.61 Å². The first-order chi connectivity index (χ1) is 17.3. The summed E-state index contributed by atoms with van der Waals surface area (Å²) in [5, 5.41) is 3.13. The number of carbonyl (C=O) groups is 3. The highest BCUT2D eigenvalue weighted by atomic mass is 35.5. The Morgan fingerprint density at radius 2 is 1.81 bits per heavy atom. The van der Waals surface area contributed by atoms with Crippen molar-refractivity contribution in [2.75, 3.05) is 11.9 Å². The van der Waals surface area contributed by atoms with Crippen LogP contribution in [0.2, 0.25) is 5.02 Å². The van der Waals surface area contributed by atoms with Crippen molar-refractivity contribution in [2.24, 2.45) is 0 Å². The molecule has 4 rings (SSSR count). The number of hydrogen-bond donors (Lipinski definition) is 1. The Balaban J connectivity index is 1.34. The molecule has 1 N–H and O–H groups in total. The Morgan fingerprint density at radius 3 is 2.53 bits per heavy atom. The van der Waals surface area contributed by atoms with E-state index in [1.165, 1.54) is 4.90 Å². The van der Waals surface area contributed by atoms with Gasteiger partial charge in [0.1, 0.15) is 5.75 Å². The van der Waals surface area contributed by atoms with Gasteiger partial charge in [0.25, 0.3) is 17.1 Å². The van der Waals surface area contributed by atoms with Gasteiger partial charge >= 0.3 is 0 Å². The molecule has 0 aliphatic carbocycles. The van der Waals surface area contributed by atoms with Crippen LogP contribution in [0.25, 0.3) is 6.08 Å². The number of carbonyl (C=O) groups excluding carboxylic acids is 3. The van der Waals surface area contributed by atoms with Crippen LogP contribution in [0.1, 0.15) is 36.5 Å². The van der Waals surface area contributed by atoms with E-state index < -0.39 is 0 Å². The van der Waals surface area contributed by atoms with Crippen molar-refractivity contribution in [2.45, 2.75) is 26.3 Å². The van der Waals surface area contributed by atoms with E-state index in [-0.39, 0.29) is 36.1 Å². The number of hydrogen-bond acceptors (Lipinski definition) is 5. The van der Waals surface area contributed by atoms with E-state index in [0.717, 1.165) is 34.1 Å². The summed E-state index contributed by atoms with van der Waals surface area (Å²) in [6, 6.07) is 21.7. The highest BCUT2D eigenvalue weighted by Crippen LogP contribution is 2.33. The molecule has 1 saturated heterocycles. The third kappa shape index (κ3) is 6.36. The van der Waals surface area contributed by atoms with Crippen LogP contribution < -0.4 is 10.1 Å². The van der Waals surface area contributed by atoms with Gasteiger partial charge in [-0.05, 0) is 70.8 Å². The molecule has 6 nitrogen and oxygen atoms in total. The van der Waals surface area contributed by atoms with Crippen molar-refractivity contribution in [3.8, 4) is 5.75 Å². The van der Waals surface area contributed by atoms with Gasteiger partial charge in [0.2, 0.25) is 0 Å². The molecule has 8 heteroatoms. The van der Waals surface area contributed by atoms with Gasteiger partial charge in [-0.25, -0.2) is 0 Å². The number of halogens is 1. The molecule has 0 radical (unpaired) electrons. The number of imide groups is 1. The Bertz CT molecular complexity index is 1320. The lowest BCUT2D eigenvalue weighted by molar-refractivity contribution is -0.123. The number of anilines is 1. The zero-order valence-corrected chi connectivity index (χ0v) is 21.4. The Hall–Kier alpha value is -3.55. The van der Waals surface area contributed by atoms with Gasteiger partial charge in [0, 0.05) is 10.7 Å². The summed E-state index contributed by atoms with van der Waals surface area (Å²) in [6.45, 7) is 4.18. The highest BCUT2D eigenvalue weighted by Gasteiger charge is 2.35. The van der Waals surface area contributed by atoms with Crippen LogP contribution in [0.5, 0.6) is 5.75 Å². The van der Waals surface area contributed by atoms with Gasteiger partial charge < -0.3 is 10.1 Å². The van der Waals surface area contributed by atoms with E-state index in [0.29, 0.717) is 15.7 Å². The Kier molecular flexibility index (Phi) is 8.13. The maximum atomic E-state index is 12.8. The van der Waals surface area contributed by atoms with Gasteiger partial charge in [-0.15, -0.1) is 0 Å². The zero-order valence-electron chi connectivity index (χ0n) is 19.9. The Morgan fingerprint density at radius 1 is 1.06 bits per heavy atom. The first-order valence-electron chi connectivity index (χ1n) is 11.4. The number of ether oxygens (including phenoxy) is 1. The van der Waals surface area contributed by atoms with Gasteiger partial charge in [-0.3, -0.25) is 19.3 Å². The van der Waals surface area contributed by atoms with Crippen molar-refractivity contribution >= 4 is 52.2 Å². The normalized spacial score (nSPS) is 14.6. The molecule has 3 aromatic carbocycles. The van der Waals surface area contributed by atoms with Crippen LogP contribution in [0.15, 0.2) is 77.7 Å². The topological polar surface area (TPSA) is 75.7 Å². The minimum absolute atomic E-state index is 0.131. The number of para-hydroxylation sites is 1. The van der Waals surface area contributed by atoms with Crippen molar-refractivity contribution in [3.05, 3.63) is 99.4 Å². The minimum atomic E-state index is -0.344. The molecule has 1 aliphatic heterocycles. The molecule has 36 heavy (non-hydrogen) atoms. The van der Waals surface area contributed by atoms with E-state index in [9.17, 15) is 14.4 Å². The van der Waals surface area contributed by atoms with Crippen molar-refractivity contribution in [3.63, 3.8) is 0 Å². The van der Waals surface area contributed by atoms with Crippen LogP contribution in [0.3, 0.4) is 0 Å². The third-order valence-corrected chi connectivity index (χ3v) is 6.65. The predicted octanol–water partition coefficient (Wildman–Crippen LogP) is 6.72. The molecule has 0 bridgehead atoms. The summed E-state index contributed by atoms with van der Waals surface area (Å²) in [4.78, 5) is 39.1. The summed E-state index contributed by atoms with van der Waals surface area (Å²) in [5.74, 6) is 0.214. The smallest absolute Gasteiger partial charge is 0.293 e. The lowest BCUT2D eigenvalue weighted by Gasteiger charge is -2.14. The highest BCUT2D eigenvalue weighted by molar-refractivity contribution is 8.18. The molecule has 184 valence electrons. The number of rotatable bonds is 8. The average molecular weight is 521 g/mol. The number of nitrogens with one attached hydrogen (secondary N) is 1. The fourth-order valence-electron chi connectivity index (χ4n) is 3.72. The molecule has 1 fully saturated rings. The Labute approximate surface area is 219 Å². The first-order valence-corrected chi connectivity index (χ1v) is 12.6.